The van der Waals surface area contributed by atoms with E-state index < -0.39 is 0 Å². The highest BCUT2D eigenvalue weighted by Gasteiger charge is 2.19. The monoisotopic (exact) mass is 454 g/mol. The van der Waals surface area contributed by atoms with E-state index in [1.807, 2.05) is 56.4 Å². The third-order valence-electron chi connectivity index (χ3n) is 5.59. The van der Waals surface area contributed by atoms with Crippen molar-refractivity contribution in [2.24, 2.45) is 0 Å². The highest BCUT2D eigenvalue weighted by Crippen LogP contribution is 2.43. The minimum atomic E-state index is -0.161. The zero-order valence-electron chi connectivity index (χ0n) is 19.3. The van der Waals surface area contributed by atoms with Gasteiger partial charge in [-0.25, -0.2) is 0 Å². The van der Waals surface area contributed by atoms with Crippen LogP contribution in [0.3, 0.4) is 0 Å². The number of hydrogen-bond donors (Lipinski definition) is 3. The van der Waals surface area contributed by atoms with Gasteiger partial charge in [-0.05, 0) is 66.9 Å². The van der Waals surface area contributed by atoms with E-state index in [2.05, 4.69) is 6.58 Å². The van der Waals surface area contributed by atoms with E-state index in [0.717, 1.165) is 16.5 Å². The number of allylic oxidation sites excluding steroid dienone is 2. The van der Waals surface area contributed by atoms with Crippen LogP contribution in [-0.4, -0.2) is 22.4 Å². The van der Waals surface area contributed by atoms with Crippen LogP contribution in [-0.2, 0) is 0 Å². The molecule has 172 valence electrons. The Morgan fingerprint density at radius 3 is 2.24 bits per heavy atom. The molecule has 5 nitrogen and oxygen atoms in total. The van der Waals surface area contributed by atoms with Crippen LogP contribution in [0, 0.1) is 0 Å². The van der Waals surface area contributed by atoms with Gasteiger partial charge in [-0.1, -0.05) is 36.9 Å². The molecule has 1 heterocycles. The van der Waals surface area contributed by atoms with Gasteiger partial charge < -0.3 is 24.5 Å². The van der Waals surface area contributed by atoms with Crippen molar-refractivity contribution in [2.75, 3.05) is 7.11 Å². The maximum Gasteiger partial charge on any atom is 0.176 e. The lowest BCUT2D eigenvalue weighted by molar-refractivity contribution is 0.410. The molecule has 34 heavy (non-hydrogen) atoms. The van der Waals surface area contributed by atoms with E-state index in [-0.39, 0.29) is 17.2 Å². The first-order valence-electron chi connectivity index (χ1n) is 10.8. The van der Waals surface area contributed by atoms with Crippen molar-refractivity contribution in [3.05, 3.63) is 89.5 Å². The van der Waals surface area contributed by atoms with Crippen molar-refractivity contribution in [1.29, 1.82) is 0 Å². The molecule has 0 radical (unpaired) electrons. The average Bonchev–Trinajstić information content (AvgIpc) is 3.23. The molecule has 0 unspecified atom stereocenters. The van der Waals surface area contributed by atoms with Crippen LogP contribution in [0.2, 0.25) is 0 Å². The molecule has 1 aromatic heterocycles. The molecular weight excluding hydrogens is 428 g/mol. The fraction of sp³-hybridized carbons (Fsp3) is 0.103. The maximum atomic E-state index is 10.6. The maximum absolute atomic E-state index is 10.6. The molecule has 4 aromatic rings. The Kier molecular flexibility index (Phi) is 6.19. The molecule has 0 bridgehead atoms. The van der Waals surface area contributed by atoms with E-state index >= 15 is 0 Å². The van der Waals surface area contributed by atoms with E-state index in [1.165, 1.54) is 6.07 Å². The van der Waals surface area contributed by atoms with Crippen molar-refractivity contribution in [3.63, 3.8) is 0 Å². The zero-order chi connectivity index (χ0) is 24.4. The Hall–Kier alpha value is -4.38. The number of ether oxygens (including phenoxy) is 1. The number of methoxy groups -OCH3 is 1. The standard InChI is InChI=1S/C29H26O5/c1-5-7-18-9-10-24(30)21(12-18)17(3)22-15-23(26(32)16-25(22)31)27-14-20-11-19(8-6-2)13-28(33-4)29(20)34-27/h5-16,30-32H,3H2,1-2,4H3/b7-5+,8-6+. The third-order valence-corrected chi connectivity index (χ3v) is 5.59. The number of hydrogen-bond acceptors (Lipinski definition) is 5. The molecule has 0 aliphatic carbocycles. The van der Waals surface area contributed by atoms with Gasteiger partial charge in [0.25, 0.3) is 0 Å². The first-order valence-corrected chi connectivity index (χ1v) is 10.8. The van der Waals surface area contributed by atoms with Gasteiger partial charge in [-0.15, -0.1) is 0 Å². The van der Waals surface area contributed by atoms with Gasteiger partial charge in [0.2, 0.25) is 0 Å². The predicted molar refractivity (Wildman–Crippen MR) is 137 cm³/mol. The topological polar surface area (TPSA) is 83.1 Å². The third kappa shape index (κ3) is 4.16. The van der Waals surface area contributed by atoms with Crippen LogP contribution in [0.25, 0.3) is 40.0 Å². The van der Waals surface area contributed by atoms with Crippen molar-refractivity contribution in [3.8, 4) is 34.3 Å². The first-order chi connectivity index (χ1) is 16.4. The largest absolute Gasteiger partial charge is 0.507 e. The van der Waals surface area contributed by atoms with Gasteiger partial charge in [0.05, 0.1) is 12.7 Å². The number of phenols is 3. The molecule has 3 N–H and O–H groups in total. The van der Waals surface area contributed by atoms with Crippen LogP contribution in [0.15, 0.2) is 71.7 Å². The summed E-state index contributed by atoms with van der Waals surface area (Å²) in [5.41, 5.74) is 4.02. The summed E-state index contributed by atoms with van der Waals surface area (Å²) in [7, 11) is 1.57. The fourth-order valence-corrected chi connectivity index (χ4v) is 3.97. The van der Waals surface area contributed by atoms with Crippen LogP contribution < -0.4 is 4.74 Å². The van der Waals surface area contributed by atoms with Crippen molar-refractivity contribution >= 4 is 28.7 Å². The van der Waals surface area contributed by atoms with Gasteiger partial charge in [0.15, 0.2) is 11.3 Å². The van der Waals surface area contributed by atoms with E-state index in [0.29, 0.717) is 39.4 Å². The quantitative estimate of drug-likeness (QED) is 0.284. The van der Waals surface area contributed by atoms with Gasteiger partial charge in [-0.2, -0.15) is 0 Å². The summed E-state index contributed by atoms with van der Waals surface area (Å²) in [6, 6.07) is 13.7. The average molecular weight is 455 g/mol. The van der Waals surface area contributed by atoms with E-state index in [9.17, 15) is 15.3 Å². The lowest BCUT2D eigenvalue weighted by Gasteiger charge is -2.13. The highest BCUT2D eigenvalue weighted by molar-refractivity contribution is 5.92. The van der Waals surface area contributed by atoms with E-state index in [4.69, 9.17) is 9.15 Å². The van der Waals surface area contributed by atoms with Gasteiger partial charge in [-0.3, -0.25) is 0 Å². The lowest BCUT2D eigenvalue weighted by Crippen LogP contribution is -1.91. The first kappa shape index (κ1) is 22.8. The summed E-state index contributed by atoms with van der Waals surface area (Å²) in [6.07, 6.45) is 7.70. The molecule has 3 aromatic carbocycles. The van der Waals surface area contributed by atoms with Gasteiger partial charge in [0.1, 0.15) is 23.0 Å². The lowest BCUT2D eigenvalue weighted by atomic mass is 9.94. The molecule has 0 aliphatic rings. The number of rotatable bonds is 6. The van der Waals surface area contributed by atoms with Gasteiger partial charge >= 0.3 is 0 Å². The Morgan fingerprint density at radius 2 is 1.53 bits per heavy atom. The summed E-state index contributed by atoms with van der Waals surface area (Å²) in [6.45, 7) is 7.94. The van der Waals surface area contributed by atoms with E-state index in [1.54, 1.807) is 31.4 Å². The summed E-state index contributed by atoms with van der Waals surface area (Å²) < 4.78 is 11.6. The number of aromatic hydroxyl groups is 3. The molecule has 0 fully saturated rings. The summed E-state index contributed by atoms with van der Waals surface area (Å²) in [5, 5.41) is 32.5. The predicted octanol–water partition coefficient (Wildman–Crippen LogP) is 7.35. The number of phenolic OH excluding ortho intramolecular Hbond substituents is 3. The highest BCUT2D eigenvalue weighted by atomic mass is 16.5. The molecule has 5 heteroatoms. The molecule has 0 saturated carbocycles. The van der Waals surface area contributed by atoms with Crippen molar-refractivity contribution < 1.29 is 24.5 Å². The van der Waals surface area contributed by atoms with Crippen molar-refractivity contribution in [2.45, 2.75) is 13.8 Å². The minimum absolute atomic E-state index is 0.0391. The molecule has 0 aliphatic heterocycles. The SMILES string of the molecule is C=C(c1cc(/C=C/C)ccc1O)c1cc(-c2cc3cc(/C=C/C)cc(OC)c3o2)c(O)cc1O. The second-order valence-corrected chi connectivity index (χ2v) is 7.89. The zero-order valence-corrected chi connectivity index (χ0v) is 19.3. The van der Waals surface area contributed by atoms with Crippen LogP contribution in [0.5, 0.6) is 23.0 Å². The Bertz CT molecular complexity index is 1450. The van der Waals surface area contributed by atoms with Crippen LogP contribution in [0.4, 0.5) is 0 Å². The molecule has 4 rings (SSSR count). The van der Waals surface area contributed by atoms with Crippen molar-refractivity contribution in [1.82, 2.24) is 0 Å². The number of fused-ring (bicyclic) bond motifs is 1. The molecular formula is C29H26O5. The molecule has 0 saturated heterocycles. The van der Waals surface area contributed by atoms with Crippen LogP contribution in [0.1, 0.15) is 36.1 Å². The second kappa shape index (κ2) is 9.24. The molecule has 0 atom stereocenters. The Balaban J connectivity index is 1.85. The smallest absolute Gasteiger partial charge is 0.176 e. The minimum Gasteiger partial charge on any atom is -0.507 e. The molecule has 0 amide bonds. The number of furan rings is 1. The number of benzene rings is 3. The second-order valence-electron chi connectivity index (χ2n) is 7.89. The Labute approximate surface area is 198 Å². The molecule has 0 spiro atoms. The summed E-state index contributed by atoms with van der Waals surface area (Å²) >= 11 is 0. The summed E-state index contributed by atoms with van der Waals surface area (Å²) in [5.74, 6) is 0.714. The fourth-order valence-electron chi connectivity index (χ4n) is 3.97. The Morgan fingerprint density at radius 1 is 0.824 bits per heavy atom. The van der Waals surface area contributed by atoms with Gasteiger partial charge in [0, 0.05) is 22.6 Å². The summed E-state index contributed by atoms with van der Waals surface area (Å²) in [4.78, 5) is 0. The normalized spacial score (nSPS) is 11.6. The van der Waals surface area contributed by atoms with Crippen LogP contribution >= 0.6 is 0 Å².